The molecule has 0 atom stereocenters. The van der Waals surface area contributed by atoms with Crippen molar-refractivity contribution in [2.24, 2.45) is 0 Å². The molecule has 0 bridgehead atoms. The third-order valence-electron chi connectivity index (χ3n) is 4.25. The van der Waals surface area contributed by atoms with Gasteiger partial charge in [0, 0.05) is 25.0 Å². The Hall–Kier alpha value is -2.28. The van der Waals surface area contributed by atoms with Crippen molar-refractivity contribution < 1.29 is 4.79 Å². The monoisotopic (exact) mass is 341 g/mol. The molecule has 136 valence electrons. The van der Waals surface area contributed by atoms with Crippen LogP contribution in [0.15, 0.2) is 30.0 Å². The number of rotatable bonds is 10. The standard InChI is InChI=1S/C21H31N3O/c1-5-8-13-24(14-9-6-2)16-19(15-22)21(25)23-20-17(4)11-10-12-18(20)7-3/h10-12,16H,5-9,13-14H2,1-4H3,(H,23,25)/b19-16-. The fraction of sp³-hybridized carbons (Fsp3) is 0.524. The summed E-state index contributed by atoms with van der Waals surface area (Å²) in [6.07, 6.45) is 6.85. The Labute approximate surface area is 152 Å². The summed E-state index contributed by atoms with van der Waals surface area (Å²) in [5.74, 6) is -0.329. The van der Waals surface area contributed by atoms with Crippen LogP contribution in [0.1, 0.15) is 57.6 Å². The van der Waals surface area contributed by atoms with E-state index in [2.05, 4.69) is 37.1 Å². The lowest BCUT2D eigenvalue weighted by Gasteiger charge is -2.20. The Morgan fingerprint density at radius 1 is 1.20 bits per heavy atom. The lowest BCUT2D eigenvalue weighted by Crippen LogP contribution is -2.23. The summed E-state index contributed by atoms with van der Waals surface area (Å²) < 4.78 is 0. The summed E-state index contributed by atoms with van der Waals surface area (Å²) in [4.78, 5) is 14.7. The van der Waals surface area contributed by atoms with E-state index in [0.29, 0.717) is 0 Å². The second-order valence-corrected chi connectivity index (χ2v) is 6.31. The van der Waals surface area contributed by atoms with Crippen molar-refractivity contribution in [3.8, 4) is 6.07 Å². The highest BCUT2D eigenvalue weighted by Crippen LogP contribution is 2.21. The molecule has 0 fully saturated rings. The number of unbranched alkanes of at least 4 members (excludes halogenated alkanes) is 2. The van der Waals surface area contributed by atoms with Crippen molar-refractivity contribution in [3.63, 3.8) is 0 Å². The van der Waals surface area contributed by atoms with E-state index in [4.69, 9.17) is 0 Å². The molecule has 0 spiro atoms. The zero-order valence-corrected chi connectivity index (χ0v) is 16.1. The molecule has 1 rings (SSSR count). The van der Waals surface area contributed by atoms with Gasteiger partial charge in [0.2, 0.25) is 0 Å². The number of carbonyl (C=O) groups excluding carboxylic acids is 1. The number of nitrogens with zero attached hydrogens (tertiary/aromatic N) is 2. The van der Waals surface area contributed by atoms with Gasteiger partial charge in [0.1, 0.15) is 11.6 Å². The van der Waals surface area contributed by atoms with E-state index in [0.717, 1.165) is 62.0 Å². The highest BCUT2D eigenvalue weighted by atomic mass is 16.1. The molecule has 0 unspecified atom stereocenters. The molecule has 1 aromatic rings. The van der Waals surface area contributed by atoms with Crippen LogP contribution in [0.5, 0.6) is 0 Å². The smallest absolute Gasteiger partial charge is 0.267 e. The van der Waals surface area contributed by atoms with Crippen molar-refractivity contribution in [1.29, 1.82) is 5.26 Å². The molecule has 0 saturated carbocycles. The van der Waals surface area contributed by atoms with Crippen LogP contribution in [-0.4, -0.2) is 23.9 Å². The molecule has 1 N–H and O–H groups in total. The van der Waals surface area contributed by atoms with E-state index in [-0.39, 0.29) is 11.5 Å². The molecular weight excluding hydrogens is 310 g/mol. The molecule has 0 saturated heterocycles. The van der Waals surface area contributed by atoms with Gasteiger partial charge in [-0.1, -0.05) is 51.8 Å². The number of carbonyl (C=O) groups is 1. The molecule has 0 aliphatic heterocycles. The third-order valence-corrected chi connectivity index (χ3v) is 4.25. The second-order valence-electron chi connectivity index (χ2n) is 6.31. The average molecular weight is 341 g/mol. The van der Waals surface area contributed by atoms with Gasteiger partial charge in [0.15, 0.2) is 0 Å². The quantitative estimate of drug-likeness (QED) is 0.491. The predicted octanol–water partition coefficient (Wildman–Crippen LogP) is 4.81. The first-order valence-corrected chi connectivity index (χ1v) is 9.33. The fourth-order valence-corrected chi connectivity index (χ4v) is 2.67. The van der Waals surface area contributed by atoms with Gasteiger partial charge >= 0.3 is 0 Å². The van der Waals surface area contributed by atoms with Crippen LogP contribution >= 0.6 is 0 Å². The fourth-order valence-electron chi connectivity index (χ4n) is 2.67. The second kappa shape index (κ2) is 11.3. The van der Waals surface area contributed by atoms with Gasteiger partial charge in [-0.2, -0.15) is 5.26 Å². The van der Waals surface area contributed by atoms with Crippen molar-refractivity contribution in [1.82, 2.24) is 4.90 Å². The Morgan fingerprint density at radius 3 is 2.36 bits per heavy atom. The SMILES string of the molecule is CCCCN(/C=C(/C#N)C(=O)Nc1c(C)cccc1CC)CCCC. The predicted molar refractivity (Wildman–Crippen MR) is 104 cm³/mol. The number of benzene rings is 1. The Bertz CT molecular complexity index is 621. The number of para-hydroxylation sites is 1. The highest BCUT2D eigenvalue weighted by molar-refractivity contribution is 6.07. The first-order chi connectivity index (χ1) is 12.1. The first-order valence-electron chi connectivity index (χ1n) is 9.33. The molecule has 0 aliphatic rings. The number of hydrogen-bond donors (Lipinski definition) is 1. The molecular formula is C21H31N3O. The largest absolute Gasteiger partial charge is 0.376 e. The van der Waals surface area contributed by atoms with Crippen LogP contribution < -0.4 is 5.32 Å². The maximum atomic E-state index is 12.6. The number of nitrogens with one attached hydrogen (secondary N) is 1. The van der Waals surface area contributed by atoms with Crippen LogP contribution in [0, 0.1) is 18.3 Å². The number of amides is 1. The summed E-state index contributed by atoms with van der Waals surface area (Å²) in [6.45, 7) is 10.1. The molecule has 4 heteroatoms. The number of aryl methyl sites for hydroxylation is 2. The summed E-state index contributed by atoms with van der Waals surface area (Å²) in [7, 11) is 0. The van der Waals surface area contributed by atoms with Crippen molar-refractivity contribution in [3.05, 3.63) is 41.1 Å². The highest BCUT2D eigenvalue weighted by Gasteiger charge is 2.14. The summed E-state index contributed by atoms with van der Waals surface area (Å²) in [5, 5.41) is 12.4. The third kappa shape index (κ3) is 6.62. The van der Waals surface area contributed by atoms with Gasteiger partial charge in [-0.15, -0.1) is 0 Å². The van der Waals surface area contributed by atoms with Gasteiger partial charge in [0.25, 0.3) is 5.91 Å². The van der Waals surface area contributed by atoms with Crippen molar-refractivity contribution in [2.45, 2.75) is 59.8 Å². The van der Waals surface area contributed by atoms with E-state index in [1.807, 2.05) is 25.1 Å². The summed E-state index contributed by atoms with van der Waals surface area (Å²) in [6, 6.07) is 8.04. The topological polar surface area (TPSA) is 56.1 Å². The minimum Gasteiger partial charge on any atom is -0.376 e. The maximum absolute atomic E-state index is 12.6. The minimum atomic E-state index is -0.329. The maximum Gasteiger partial charge on any atom is 0.267 e. The van der Waals surface area contributed by atoms with Crippen LogP contribution in [0.2, 0.25) is 0 Å². The Kier molecular flexibility index (Phi) is 9.39. The van der Waals surface area contributed by atoms with Crippen molar-refractivity contribution in [2.75, 3.05) is 18.4 Å². The molecule has 0 radical (unpaired) electrons. The first kappa shape index (κ1) is 20.8. The Balaban J connectivity index is 2.97. The van der Waals surface area contributed by atoms with Gasteiger partial charge in [-0.3, -0.25) is 4.79 Å². The van der Waals surface area contributed by atoms with Crippen molar-refractivity contribution >= 4 is 11.6 Å². The van der Waals surface area contributed by atoms with Crippen LogP contribution in [0.4, 0.5) is 5.69 Å². The summed E-state index contributed by atoms with van der Waals surface area (Å²) in [5.41, 5.74) is 3.08. The van der Waals surface area contributed by atoms with E-state index in [1.54, 1.807) is 6.20 Å². The van der Waals surface area contributed by atoms with Gasteiger partial charge < -0.3 is 10.2 Å². The van der Waals surface area contributed by atoms with Gasteiger partial charge in [-0.05, 0) is 37.3 Å². The van der Waals surface area contributed by atoms with E-state index in [1.165, 1.54) is 0 Å². The molecule has 0 aromatic heterocycles. The average Bonchev–Trinajstić information content (AvgIpc) is 2.62. The summed E-state index contributed by atoms with van der Waals surface area (Å²) >= 11 is 0. The molecule has 1 amide bonds. The van der Waals surface area contributed by atoms with E-state index >= 15 is 0 Å². The van der Waals surface area contributed by atoms with Gasteiger partial charge in [0.05, 0.1) is 0 Å². The lowest BCUT2D eigenvalue weighted by atomic mass is 10.1. The van der Waals surface area contributed by atoms with E-state index in [9.17, 15) is 10.1 Å². The molecule has 4 nitrogen and oxygen atoms in total. The Morgan fingerprint density at radius 2 is 1.84 bits per heavy atom. The van der Waals surface area contributed by atoms with Crippen LogP contribution in [-0.2, 0) is 11.2 Å². The molecule has 0 aliphatic carbocycles. The zero-order chi connectivity index (χ0) is 18.7. The van der Waals surface area contributed by atoms with E-state index < -0.39 is 0 Å². The lowest BCUT2D eigenvalue weighted by molar-refractivity contribution is -0.112. The number of anilines is 1. The number of hydrogen-bond acceptors (Lipinski definition) is 3. The zero-order valence-electron chi connectivity index (χ0n) is 16.1. The molecule has 25 heavy (non-hydrogen) atoms. The molecule has 1 aromatic carbocycles. The van der Waals surface area contributed by atoms with Crippen LogP contribution in [0.25, 0.3) is 0 Å². The normalized spacial score (nSPS) is 11.1. The number of nitriles is 1. The van der Waals surface area contributed by atoms with Gasteiger partial charge in [-0.25, -0.2) is 0 Å². The van der Waals surface area contributed by atoms with Crippen LogP contribution in [0.3, 0.4) is 0 Å². The minimum absolute atomic E-state index is 0.164. The molecule has 0 heterocycles.